The molecular formula is C17H17N3O4. The van der Waals surface area contributed by atoms with E-state index in [-0.39, 0.29) is 5.69 Å². The van der Waals surface area contributed by atoms with Gasteiger partial charge in [-0.1, -0.05) is 12.1 Å². The van der Waals surface area contributed by atoms with Gasteiger partial charge in [-0.25, -0.2) is 5.43 Å². The van der Waals surface area contributed by atoms with Crippen LogP contribution in [0.3, 0.4) is 0 Å². The van der Waals surface area contributed by atoms with Crippen molar-refractivity contribution in [1.82, 2.24) is 5.43 Å². The van der Waals surface area contributed by atoms with Crippen LogP contribution in [0.2, 0.25) is 0 Å². The lowest BCUT2D eigenvalue weighted by Crippen LogP contribution is -2.19. The maximum atomic E-state index is 12.0. The Balaban J connectivity index is 1.95. The maximum absolute atomic E-state index is 12.0. The van der Waals surface area contributed by atoms with E-state index >= 15 is 0 Å². The fourth-order valence-electron chi connectivity index (χ4n) is 2.02. The quantitative estimate of drug-likeness (QED) is 0.501. The zero-order valence-corrected chi connectivity index (χ0v) is 13.4. The second kappa shape index (κ2) is 7.87. The summed E-state index contributed by atoms with van der Waals surface area (Å²) in [6.07, 6.45) is 0.588. The average Bonchev–Trinajstić information content (AvgIpc) is 2.60. The molecule has 0 unspecified atom stereocenters. The van der Waals surface area contributed by atoms with Crippen LogP contribution in [-0.2, 0) is 6.42 Å². The standard InChI is InChI=1S/C17H17N3O4/c1-12(11-13-3-9-16(24-2)10-4-13)18-19-17(21)14-5-7-15(8-6-14)20(22)23/h3-10H,11H2,1-2H3,(H,19,21)/b18-12-. The van der Waals surface area contributed by atoms with Crippen LogP contribution in [0.15, 0.2) is 53.6 Å². The lowest BCUT2D eigenvalue weighted by atomic mass is 10.1. The number of carbonyl (C=O) groups excluding carboxylic acids is 1. The summed E-state index contributed by atoms with van der Waals surface area (Å²) < 4.78 is 5.10. The molecule has 0 aliphatic rings. The zero-order chi connectivity index (χ0) is 17.5. The third kappa shape index (κ3) is 4.64. The molecule has 0 aromatic heterocycles. The van der Waals surface area contributed by atoms with Crippen LogP contribution in [0, 0.1) is 10.1 Å². The first-order chi connectivity index (χ1) is 11.5. The van der Waals surface area contributed by atoms with Gasteiger partial charge in [-0.05, 0) is 36.8 Å². The fourth-order valence-corrected chi connectivity index (χ4v) is 2.02. The van der Waals surface area contributed by atoms with Crippen LogP contribution in [0.4, 0.5) is 5.69 Å². The van der Waals surface area contributed by atoms with E-state index in [2.05, 4.69) is 10.5 Å². The summed E-state index contributed by atoms with van der Waals surface area (Å²) in [5.41, 5.74) is 4.46. The third-order valence-corrected chi connectivity index (χ3v) is 3.31. The number of rotatable bonds is 6. The van der Waals surface area contributed by atoms with Crippen LogP contribution in [0.1, 0.15) is 22.8 Å². The van der Waals surface area contributed by atoms with Gasteiger partial charge < -0.3 is 4.74 Å². The third-order valence-electron chi connectivity index (χ3n) is 3.31. The van der Waals surface area contributed by atoms with Crippen molar-refractivity contribution in [2.45, 2.75) is 13.3 Å². The number of non-ortho nitro benzene ring substituents is 1. The van der Waals surface area contributed by atoms with E-state index in [0.717, 1.165) is 17.0 Å². The summed E-state index contributed by atoms with van der Waals surface area (Å²) in [5, 5.41) is 14.6. The van der Waals surface area contributed by atoms with Gasteiger partial charge in [0.1, 0.15) is 5.75 Å². The highest BCUT2D eigenvalue weighted by Gasteiger charge is 2.09. The first-order valence-electron chi connectivity index (χ1n) is 7.20. The van der Waals surface area contributed by atoms with Crippen LogP contribution in [-0.4, -0.2) is 23.7 Å². The van der Waals surface area contributed by atoms with Gasteiger partial charge in [0.2, 0.25) is 0 Å². The van der Waals surface area contributed by atoms with Crippen LogP contribution >= 0.6 is 0 Å². The molecule has 0 fully saturated rings. The minimum absolute atomic E-state index is 0.0641. The monoisotopic (exact) mass is 327 g/mol. The molecule has 0 spiro atoms. The number of nitrogens with one attached hydrogen (secondary N) is 1. The molecule has 0 radical (unpaired) electrons. The number of carbonyl (C=O) groups is 1. The summed E-state index contributed by atoms with van der Waals surface area (Å²) in [4.78, 5) is 22.0. The number of methoxy groups -OCH3 is 1. The minimum Gasteiger partial charge on any atom is -0.497 e. The number of hydrogen-bond donors (Lipinski definition) is 1. The molecule has 1 N–H and O–H groups in total. The topological polar surface area (TPSA) is 93.8 Å². The molecule has 0 heterocycles. The number of nitro benzene ring substituents is 1. The summed E-state index contributed by atoms with van der Waals surface area (Å²) in [7, 11) is 1.61. The molecule has 0 aliphatic heterocycles. The van der Waals surface area contributed by atoms with Crippen molar-refractivity contribution in [3.63, 3.8) is 0 Å². The molecule has 2 aromatic carbocycles. The van der Waals surface area contributed by atoms with E-state index < -0.39 is 10.8 Å². The number of hydrogen-bond acceptors (Lipinski definition) is 5. The van der Waals surface area contributed by atoms with Crippen LogP contribution in [0.5, 0.6) is 5.75 Å². The maximum Gasteiger partial charge on any atom is 0.271 e. The van der Waals surface area contributed by atoms with Crippen LogP contribution in [0.25, 0.3) is 0 Å². The Kier molecular flexibility index (Phi) is 5.62. The van der Waals surface area contributed by atoms with E-state index in [4.69, 9.17) is 4.74 Å². The van der Waals surface area contributed by atoms with E-state index in [0.29, 0.717) is 12.0 Å². The largest absolute Gasteiger partial charge is 0.497 e. The molecule has 7 heteroatoms. The molecule has 2 rings (SSSR count). The predicted molar refractivity (Wildman–Crippen MR) is 90.4 cm³/mol. The Morgan fingerprint density at radius 3 is 2.33 bits per heavy atom. The predicted octanol–water partition coefficient (Wildman–Crippen LogP) is 2.95. The van der Waals surface area contributed by atoms with E-state index in [9.17, 15) is 14.9 Å². The first-order valence-corrected chi connectivity index (χ1v) is 7.20. The normalized spacial score (nSPS) is 11.0. The fraction of sp³-hybridized carbons (Fsp3) is 0.176. The summed E-state index contributed by atoms with van der Waals surface area (Å²) >= 11 is 0. The summed E-state index contributed by atoms with van der Waals surface area (Å²) in [6, 6.07) is 12.9. The van der Waals surface area contributed by atoms with Gasteiger partial charge in [-0.15, -0.1) is 0 Å². The Bertz CT molecular complexity index is 752. The molecule has 0 bridgehead atoms. The van der Waals surface area contributed by atoms with Crippen molar-refractivity contribution >= 4 is 17.3 Å². The second-order valence-corrected chi connectivity index (χ2v) is 5.12. The lowest BCUT2D eigenvalue weighted by molar-refractivity contribution is -0.384. The Morgan fingerprint density at radius 2 is 1.79 bits per heavy atom. The van der Waals surface area contributed by atoms with Crippen LogP contribution < -0.4 is 10.2 Å². The highest BCUT2D eigenvalue weighted by molar-refractivity contribution is 5.95. The first kappa shape index (κ1) is 17.1. The van der Waals surface area contributed by atoms with Gasteiger partial charge in [0.05, 0.1) is 12.0 Å². The van der Waals surface area contributed by atoms with Crippen molar-refractivity contribution in [3.8, 4) is 5.75 Å². The highest BCUT2D eigenvalue weighted by Crippen LogP contribution is 2.13. The van der Waals surface area contributed by atoms with Gasteiger partial charge in [-0.2, -0.15) is 5.10 Å². The molecule has 1 amide bonds. The summed E-state index contributed by atoms with van der Waals surface area (Å²) in [6.45, 7) is 1.81. The molecule has 7 nitrogen and oxygen atoms in total. The van der Waals surface area contributed by atoms with Crippen molar-refractivity contribution in [3.05, 3.63) is 69.8 Å². The second-order valence-electron chi connectivity index (χ2n) is 5.12. The van der Waals surface area contributed by atoms with E-state index in [1.807, 2.05) is 24.3 Å². The van der Waals surface area contributed by atoms with Gasteiger partial charge >= 0.3 is 0 Å². The molecule has 24 heavy (non-hydrogen) atoms. The molecule has 0 saturated carbocycles. The van der Waals surface area contributed by atoms with Gasteiger partial charge in [0.25, 0.3) is 11.6 Å². The SMILES string of the molecule is COc1ccc(C/C(C)=N\NC(=O)c2ccc([N+](=O)[O-])cc2)cc1. The number of benzene rings is 2. The molecular weight excluding hydrogens is 310 g/mol. The number of hydrazone groups is 1. The van der Waals surface area contributed by atoms with Crippen molar-refractivity contribution in [2.75, 3.05) is 7.11 Å². The lowest BCUT2D eigenvalue weighted by Gasteiger charge is -2.04. The smallest absolute Gasteiger partial charge is 0.271 e. The van der Waals surface area contributed by atoms with E-state index in [1.165, 1.54) is 24.3 Å². The Hall–Kier alpha value is -3.22. The number of ether oxygens (including phenoxy) is 1. The Morgan fingerprint density at radius 1 is 1.17 bits per heavy atom. The molecule has 124 valence electrons. The van der Waals surface area contributed by atoms with E-state index in [1.54, 1.807) is 14.0 Å². The minimum atomic E-state index is -0.515. The average molecular weight is 327 g/mol. The molecule has 0 saturated heterocycles. The van der Waals surface area contributed by atoms with Crippen molar-refractivity contribution in [2.24, 2.45) is 5.10 Å². The number of nitrogens with zero attached hydrogens (tertiary/aromatic N) is 2. The zero-order valence-electron chi connectivity index (χ0n) is 13.4. The molecule has 0 aliphatic carbocycles. The molecule has 2 aromatic rings. The molecule has 0 atom stereocenters. The Labute approximate surface area is 139 Å². The van der Waals surface area contributed by atoms with Gasteiger partial charge in [0.15, 0.2) is 0 Å². The van der Waals surface area contributed by atoms with Crippen molar-refractivity contribution < 1.29 is 14.5 Å². The van der Waals surface area contributed by atoms with Crippen molar-refractivity contribution in [1.29, 1.82) is 0 Å². The van der Waals surface area contributed by atoms with Gasteiger partial charge in [-0.3, -0.25) is 14.9 Å². The highest BCUT2D eigenvalue weighted by atomic mass is 16.6. The number of nitro groups is 1. The van der Waals surface area contributed by atoms with Gasteiger partial charge in [0, 0.05) is 29.8 Å². The number of amides is 1. The summed E-state index contributed by atoms with van der Waals surface area (Å²) in [5.74, 6) is 0.360.